The average Bonchev–Trinajstić information content (AvgIpc) is 2.45. The summed E-state index contributed by atoms with van der Waals surface area (Å²) in [5.74, 6) is 2.10. The summed E-state index contributed by atoms with van der Waals surface area (Å²) in [6, 6.07) is 4.11. The van der Waals surface area contributed by atoms with Crippen LogP contribution < -0.4 is 10.5 Å². The summed E-state index contributed by atoms with van der Waals surface area (Å²) in [4.78, 5) is 8.57. The van der Waals surface area contributed by atoms with E-state index in [0.717, 1.165) is 35.3 Å². The summed E-state index contributed by atoms with van der Waals surface area (Å²) in [5, 5.41) is 0. The molecular formula is C16H21N3O. The summed E-state index contributed by atoms with van der Waals surface area (Å²) >= 11 is 0. The fourth-order valence-corrected chi connectivity index (χ4v) is 2.53. The Balaban J connectivity index is 2.76. The smallest absolute Gasteiger partial charge is 0.135 e. The van der Waals surface area contributed by atoms with Crippen molar-refractivity contribution in [2.75, 3.05) is 12.8 Å². The normalized spacial score (nSPS) is 10.6. The molecule has 4 nitrogen and oxygen atoms in total. The second-order valence-electron chi connectivity index (χ2n) is 4.70. The summed E-state index contributed by atoms with van der Waals surface area (Å²) in [7, 11) is 1.69. The van der Waals surface area contributed by atoms with Gasteiger partial charge in [0.15, 0.2) is 0 Å². The van der Waals surface area contributed by atoms with Gasteiger partial charge < -0.3 is 10.5 Å². The molecule has 1 aromatic carbocycles. The maximum atomic E-state index is 6.10. The predicted octanol–water partition coefficient (Wildman–Crippen LogP) is 3.17. The van der Waals surface area contributed by atoms with Gasteiger partial charge in [-0.1, -0.05) is 19.9 Å². The second kappa shape index (κ2) is 5.90. The van der Waals surface area contributed by atoms with Crippen LogP contribution in [0.15, 0.2) is 18.3 Å². The highest BCUT2D eigenvalue weighted by Gasteiger charge is 2.16. The van der Waals surface area contributed by atoms with Crippen molar-refractivity contribution in [3.05, 3.63) is 35.3 Å². The molecule has 0 aliphatic rings. The molecule has 106 valence electrons. The Morgan fingerprint density at radius 2 is 1.95 bits per heavy atom. The van der Waals surface area contributed by atoms with E-state index in [-0.39, 0.29) is 0 Å². The number of hydrogen-bond acceptors (Lipinski definition) is 4. The molecule has 2 rings (SSSR count). The van der Waals surface area contributed by atoms with Crippen molar-refractivity contribution in [2.24, 2.45) is 0 Å². The highest BCUT2D eigenvalue weighted by molar-refractivity contribution is 5.80. The van der Waals surface area contributed by atoms with Gasteiger partial charge in [-0.3, -0.25) is 0 Å². The zero-order valence-corrected chi connectivity index (χ0v) is 12.5. The third-order valence-electron chi connectivity index (χ3n) is 3.52. The number of nitrogens with zero attached hydrogens (tertiary/aromatic N) is 2. The van der Waals surface area contributed by atoms with Gasteiger partial charge in [0.05, 0.1) is 7.11 Å². The topological polar surface area (TPSA) is 61.0 Å². The van der Waals surface area contributed by atoms with Crippen molar-refractivity contribution in [1.29, 1.82) is 0 Å². The van der Waals surface area contributed by atoms with Crippen LogP contribution in [0.3, 0.4) is 0 Å². The molecule has 0 spiro atoms. The lowest BCUT2D eigenvalue weighted by molar-refractivity contribution is 0.410. The zero-order valence-electron chi connectivity index (χ0n) is 12.5. The molecule has 0 atom stereocenters. The number of aryl methyl sites for hydroxylation is 2. The predicted molar refractivity (Wildman–Crippen MR) is 81.9 cm³/mol. The van der Waals surface area contributed by atoms with Crippen molar-refractivity contribution in [3.8, 4) is 16.9 Å². The van der Waals surface area contributed by atoms with E-state index in [9.17, 15) is 0 Å². The lowest BCUT2D eigenvalue weighted by Crippen LogP contribution is -2.04. The molecule has 0 fully saturated rings. The van der Waals surface area contributed by atoms with E-state index in [1.807, 2.05) is 19.2 Å². The van der Waals surface area contributed by atoms with E-state index in [1.54, 1.807) is 7.11 Å². The summed E-state index contributed by atoms with van der Waals surface area (Å²) in [6.45, 7) is 6.09. The number of rotatable bonds is 4. The van der Waals surface area contributed by atoms with E-state index in [2.05, 4.69) is 29.9 Å². The second-order valence-corrected chi connectivity index (χ2v) is 4.70. The van der Waals surface area contributed by atoms with Crippen LogP contribution in [-0.2, 0) is 12.8 Å². The van der Waals surface area contributed by atoms with E-state index in [0.29, 0.717) is 11.6 Å². The number of anilines is 1. The third-order valence-corrected chi connectivity index (χ3v) is 3.52. The van der Waals surface area contributed by atoms with Gasteiger partial charge in [-0.05, 0) is 37.0 Å². The molecule has 2 N–H and O–H groups in total. The Hall–Kier alpha value is -2.10. The van der Waals surface area contributed by atoms with Gasteiger partial charge >= 0.3 is 0 Å². The molecule has 0 bridgehead atoms. The van der Waals surface area contributed by atoms with Crippen LogP contribution in [0.2, 0.25) is 0 Å². The Labute approximate surface area is 120 Å². The number of benzene rings is 1. The van der Waals surface area contributed by atoms with Gasteiger partial charge in [0.2, 0.25) is 0 Å². The number of nitrogen functional groups attached to an aromatic ring is 1. The molecule has 1 aromatic heterocycles. The first-order valence-corrected chi connectivity index (χ1v) is 6.90. The van der Waals surface area contributed by atoms with Crippen LogP contribution in [-0.4, -0.2) is 17.1 Å². The summed E-state index contributed by atoms with van der Waals surface area (Å²) in [6.07, 6.45) is 3.62. The van der Waals surface area contributed by atoms with Crippen molar-refractivity contribution in [1.82, 2.24) is 9.97 Å². The van der Waals surface area contributed by atoms with Gasteiger partial charge in [-0.2, -0.15) is 0 Å². The quantitative estimate of drug-likeness (QED) is 0.927. The lowest BCUT2D eigenvalue weighted by atomic mass is 9.92. The molecule has 1 heterocycles. The molecule has 4 heteroatoms. The average molecular weight is 271 g/mol. The standard InChI is InChI=1S/C16H21N3O/c1-5-11-7-8-14(20-4)12(6-2)15(11)13-9-18-10(3)19-16(13)17/h7-9H,5-6H2,1-4H3,(H2,17,18,19). The first-order valence-electron chi connectivity index (χ1n) is 6.90. The molecule has 20 heavy (non-hydrogen) atoms. The van der Waals surface area contributed by atoms with Crippen molar-refractivity contribution < 1.29 is 4.74 Å². The molecule has 0 aliphatic heterocycles. The third kappa shape index (κ3) is 2.46. The molecular weight excluding hydrogens is 250 g/mol. The first kappa shape index (κ1) is 14.3. The Bertz CT molecular complexity index is 623. The largest absolute Gasteiger partial charge is 0.496 e. The van der Waals surface area contributed by atoms with Gasteiger partial charge in [-0.15, -0.1) is 0 Å². The number of nitrogens with two attached hydrogens (primary N) is 1. The highest BCUT2D eigenvalue weighted by atomic mass is 16.5. The van der Waals surface area contributed by atoms with Gasteiger partial charge in [0, 0.05) is 17.3 Å². The van der Waals surface area contributed by atoms with Crippen molar-refractivity contribution >= 4 is 5.82 Å². The Morgan fingerprint density at radius 1 is 1.20 bits per heavy atom. The molecule has 0 aliphatic carbocycles. The minimum absolute atomic E-state index is 0.523. The summed E-state index contributed by atoms with van der Waals surface area (Å²) < 4.78 is 5.48. The minimum Gasteiger partial charge on any atom is -0.496 e. The molecule has 2 aromatic rings. The minimum atomic E-state index is 0.523. The molecule has 0 saturated heterocycles. The maximum Gasteiger partial charge on any atom is 0.135 e. The first-order chi connectivity index (χ1) is 9.62. The van der Waals surface area contributed by atoms with Crippen LogP contribution in [0.4, 0.5) is 5.82 Å². The van der Waals surface area contributed by atoms with E-state index in [1.165, 1.54) is 5.56 Å². The van der Waals surface area contributed by atoms with Crippen LogP contribution in [0.5, 0.6) is 5.75 Å². The van der Waals surface area contributed by atoms with Gasteiger partial charge in [0.25, 0.3) is 0 Å². The van der Waals surface area contributed by atoms with E-state index in [4.69, 9.17) is 10.5 Å². The maximum absolute atomic E-state index is 6.10. The van der Waals surface area contributed by atoms with Crippen LogP contribution in [0.25, 0.3) is 11.1 Å². The van der Waals surface area contributed by atoms with E-state index < -0.39 is 0 Å². The van der Waals surface area contributed by atoms with Crippen LogP contribution >= 0.6 is 0 Å². The van der Waals surface area contributed by atoms with Crippen molar-refractivity contribution in [3.63, 3.8) is 0 Å². The number of methoxy groups -OCH3 is 1. The van der Waals surface area contributed by atoms with Gasteiger partial charge in [-0.25, -0.2) is 9.97 Å². The molecule has 0 unspecified atom stereocenters. The van der Waals surface area contributed by atoms with Crippen LogP contribution in [0.1, 0.15) is 30.8 Å². The fourth-order valence-electron chi connectivity index (χ4n) is 2.53. The Morgan fingerprint density at radius 3 is 2.50 bits per heavy atom. The number of ether oxygens (including phenoxy) is 1. The monoisotopic (exact) mass is 271 g/mol. The summed E-state index contributed by atoms with van der Waals surface area (Å²) in [5.41, 5.74) is 10.5. The molecule has 0 radical (unpaired) electrons. The SMILES string of the molecule is CCc1ccc(OC)c(CC)c1-c1cnc(C)nc1N. The highest BCUT2D eigenvalue weighted by Crippen LogP contribution is 2.36. The zero-order chi connectivity index (χ0) is 14.7. The lowest BCUT2D eigenvalue weighted by Gasteiger charge is -2.17. The number of hydrogen-bond donors (Lipinski definition) is 1. The van der Waals surface area contributed by atoms with Crippen molar-refractivity contribution in [2.45, 2.75) is 33.6 Å². The Kier molecular flexibility index (Phi) is 4.23. The van der Waals surface area contributed by atoms with Crippen LogP contribution in [0, 0.1) is 6.92 Å². The van der Waals surface area contributed by atoms with E-state index >= 15 is 0 Å². The van der Waals surface area contributed by atoms with Gasteiger partial charge in [0.1, 0.15) is 17.4 Å². The molecule has 0 saturated carbocycles. The molecule has 0 amide bonds. The number of aromatic nitrogens is 2. The fraction of sp³-hybridized carbons (Fsp3) is 0.375.